The van der Waals surface area contributed by atoms with Gasteiger partial charge in [0.1, 0.15) is 24.4 Å². The van der Waals surface area contributed by atoms with Crippen LogP contribution in [0.15, 0.2) is 30.7 Å². The van der Waals surface area contributed by atoms with Gasteiger partial charge in [0.05, 0.1) is 5.56 Å². The van der Waals surface area contributed by atoms with Crippen LogP contribution in [0.3, 0.4) is 0 Å². The van der Waals surface area contributed by atoms with Crippen LogP contribution in [0.1, 0.15) is 17.4 Å². The molecule has 0 saturated heterocycles. The number of benzene rings is 1. The Morgan fingerprint density at radius 3 is 2.57 bits per heavy atom. The van der Waals surface area contributed by atoms with Gasteiger partial charge in [0, 0.05) is 5.56 Å². The predicted octanol–water partition coefficient (Wildman–Crippen LogP) is 2.21. The van der Waals surface area contributed by atoms with E-state index >= 15 is 0 Å². The smallest absolute Gasteiger partial charge is 0.266 e. The molecule has 0 aromatic heterocycles. The number of nitrogens with zero attached hydrogens (tertiary/aromatic N) is 1. The molecule has 0 unspecified atom stereocenters. The number of ether oxygens (including phenoxy) is 2. The Hall–Kier alpha value is -2.02. The van der Waals surface area contributed by atoms with E-state index in [1.165, 1.54) is 24.7 Å². The largest absolute Gasteiger partial charge is 0.455 e. The number of hydrogen-bond donors (Lipinski definition) is 0. The Kier molecular flexibility index (Phi) is 2.07. The zero-order chi connectivity index (χ0) is 9.97. The maximum Gasteiger partial charge on any atom is 0.266 e. The van der Waals surface area contributed by atoms with Gasteiger partial charge in [-0.1, -0.05) is 6.07 Å². The van der Waals surface area contributed by atoms with Crippen LogP contribution in [0.25, 0.3) is 0 Å². The van der Waals surface area contributed by atoms with Crippen molar-refractivity contribution in [3.05, 3.63) is 47.7 Å². The zero-order valence-corrected chi connectivity index (χ0v) is 7.11. The Bertz CT molecular complexity index is 415. The highest BCUT2D eigenvalue weighted by Crippen LogP contribution is 2.25. The van der Waals surface area contributed by atoms with Crippen molar-refractivity contribution in [1.29, 1.82) is 5.26 Å². The molecular formula is C10H6FNO2. The molecule has 14 heavy (non-hydrogen) atoms. The minimum Gasteiger partial charge on any atom is -0.455 e. The Labute approximate surface area is 80.0 Å². The van der Waals surface area contributed by atoms with Crippen molar-refractivity contribution >= 4 is 0 Å². The summed E-state index contributed by atoms with van der Waals surface area (Å²) in [5.74, 6) is -0.566. The van der Waals surface area contributed by atoms with Crippen molar-refractivity contribution in [2.24, 2.45) is 0 Å². The summed E-state index contributed by atoms with van der Waals surface area (Å²) in [6.07, 6.45) is 2.18. The summed E-state index contributed by atoms with van der Waals surface area (Å²) in [6, 6.07) is 5.97. The van der Waals surface area contributed by atoms with Crippen LogP contribution in [0.4, 0.5) is 4.39 Å². The van der Waals surface area contributed by atoms with Crippen LogP contribution < -0.4 is 0 Å². The SMILES string of the molecule is N#Cc1ccc(C2OC=CO2)cc1F. The Balaban J connectivity index is 2.29. The molecule has 0 N–H and O–H groups in total. The van der Waals surface area contributed by atoms with Crippen LogP contribution in [-0.2, 0) is 9.47 Å². The third-order valence-corrected chi connectivity index (χ3v) is 1.85. The molecule has 0 aliphatic carbocycles. The van der Waals surface area contributed by atoms with Crippen molar-refractivity contribution in [1.82, 2.24) is 0 Å². The second kappa shape index (κ2) is 3.38. The molecule has 1 aromatic carbocycles. The van der Waals surface area contributed by atoms with Gasteiger partial charge in [-0.3, -0.25) is 0 Å². The topological polar surface area (TPSA) is 42.2 Å². The monoisotopic (exact) mass is 191 g/mol. The Morgan fingerprint density at radius 1 is 1.29 bits per heavy atom. The molecule has 70 valence electrons. The van der Waals surface area contributed by atoms with Gasteiger partial charge in [-0.15, -0.1) is 0 Å². The number of hydrogen-bond acceptors (Lipinski definition) is 3. The first-order chi connectivity index (χ1) is 6.81. The molecule has 0 saturated carbocycles. The lowest BCUT2D eigenvalue weighted by atomic mass is 10.1. The molecule has 0 atom stereocenters. The third-order valence-electron chi connectivity index (χ3n) is 1.85. The second-order valence-corrected chi connectivity index (χ2v) is 2.73. The molecule has 1 heterocycles. The van der Waals surface area contributed by atoms with E-state index in [4.69, 9.17) is 14.7 Å². The Morgan fingerprint density at radius 2 is 2.00 bits per heavy atom. The molecular weight excluding hydrogens is 185 g/mol. The van der Waals surface area contributed by atoms with Gasteiger partial charge in [-0.05, 0) is 12.1 Å². The van der Waals surface area contributed by atoms with E-state index in [-0.39, 0.29) is 5.56 Å². The molecule has 1 aromatic rings. The van der Waals surface area contributed by atoms with E-state index in [9.17, 15) is 4.39 Å². The number of nitriles is 1. The molecule has 1 aliphatic rings. The van der Waals surface area contributed by atoms with Crippen molar-refractivity contribution in [3.63, 3.8) is 0 Å². The third kappa shape index (κ3) is 1.40. The number of halogens is 1. The van der Waals surface area contributed by atoms with Gasteiger partial charge < -0.3 is 9.47 Å². The molecule has 2 rings (SSSR count). The first kappa shape index (κ1) is 8.57. The minimum atomic E-state index is -0.600. The highest BCUT2D eigenvalue weighted by atomic mass is 19.1. The fourth-order valence-electron chi connectivity index (χ4n) is 1.16. The quantitative estimate of drug-likeness (QED) is 0.683. The van der Waals surface area contributed by atoms with Gasteiger partial charge in [0.2, 0.25) is 0 Å². The fourth-order valence-corrected chi connectivity index (χ4v) is 1.16. The van der Waals surface area contributed by atoms with Gasteiger partial charge in [-0.25, -0.2) is 4.39 Å². The van der Waals surface area contributed by atoms with Gasteiger partial charge in [0.15, 0.2) is 0 Å². The van der Waals surface area contributed by atoms with E-state index in [0.717, 1.165) is 0 Å². The standard InChI is InChI=1S/C10H6FNO2/c11-9-5-7(1-2-8(9)6-12)10-13-3-4-14-10/h1-5,10H. The lowest BCUT2D eigenvalue weighted by molar-refractivity contribution is -0.0248. The van der Waals surface area contributed by atoms with Crippen LogP contribution >= 0.6 is 0 Å². The van der Waals surface area contributed by atoms with Crippen LogP contribution in [0.2, 0.25) is 0 Å². The molecule has 0 bridgehead atoms. The average Bonchev–Trinajstić information content (AvgIpc) is 2.70. The maximum atomic E-state index is 13.1. The van der Waals surface area contributed by atoms with Gasteiger partial charge >= 0.3 is 0 Å². The molecule has 4 heteroatoms. The van der Waals surface area contributed by atoms with Crippen molar-refractivity contribution < 1.29 is 13.9 Å². The molecule has 0 spiro atoms. The van der Waals surface area contributed by atoms with Crippen LogP contribution in [0.5, 0.6) is 0 Å². The summed E-state index contributed by atoms with van der Waals surface area (Å²) >= 11 is 0. The van der Waals surface area contributed by atoms with E-state index in [0.29, 0.717) is 5.56 Å². The summed E-state index contributed by atoms with van der Waals surface area (Å²) in [5, 5.41) is 8.51. The first-order valence-electron chi connectivity index (χ1n) is 3.97. The number of rotatable bonds is 1. The molecule has 3 nitrogen and oxygen atoms in total. The van der Waals surface area contributed by atoms with E-state index in [1.807, 2.05) is 0 Å². The van der Waals surface area contributed by atoms with Crippen LogP contribution in [0, 0.1) is 17.1 Å². The fraction of sp³-hybridized carbons (Fsp3) is 0.100. The summed E-state index contributed by atoms with van der Waals surface area (Å²) in [4.78, 5) is 0. The molecule has 0 amide bonds. The maximum absolute atomic E-state index is 13.1. The normalized spacial score (nSPS) is 14.6. The highest BCUT2D eigenvalue weighted by molar-refractivity contribution is 5.34. The average molecular weight is 191 g/mol. The summed E-state index contributed by atoms with van der Waals surface area (Å²) in [5.41, 5.74) is 0.561. The lowest BCUT2D eigenvalue weighted by Crippen LogP contribution is -1.99. The van der Waals surface area contributed by atoms with E-state index < -0.39 is 12.1 Å². The van der Waals surface area contributed by atoms with Gasteiger partial charge in [0.25, 0.3) is 6.29 Å². The molecule has 1 aliphatic heterocycles. The van der Waals surface area contributed by atoms with E-state index in [2.05, 4.69) is 0 Å². The summed E-state index contributed by atoms with van der Waals surface area (Å²) in [6.45, 7) is 0. The van der Waals surface area contributed by atoms with Crippen molar-refractivity contribution in [2.45, 2.75) is 6.29 Å². The van der Waals surface area contributed by atoms with Gasteiger partial charge in [-0.2, -0.15) is 5.26 Å². The summed E-state index contributed by atoms with van der Waals surface area (Å²) in [7, 11) is 0. The zero-order valence-electron chi connectivity index (χ0n) is 7.11. The second-order valence-electron chi connectivity index (χ2n) is 2.73. The molecule has 0 radical (unpaired) electrons. The lowest BCUT2D eigenvalue weighted by Gasteiger charge is -2.10. The van der Waals surface area contributed by atoms with Crippen molar-refractivity contribution in [2.75, 3.05) is 0 Å². The highest BCUT2D eigenvalue weighted by Gasteiger charge is 2.16. The summed E-state index contributed by atoms with van der Waals surface area (Å²) < 4.78 is 23.2. The minimum absolute atomic E-state index is 0.0136. The van der Waals surface area contributed by atoms with Crippen LogP contribution in [-0.4, -0.2) is 0 Å². The van der Waals surface area contributed by atoms with E-state index in [1.54, 1.807) is 12.1 Å². The predicted molar refractivity (Wildman–Crippen MR) is 45.2 cm³/mol. The van der Waals surface area contributed by atoms with Crippen molar-refractivity contribution in [3.8, 4) is 6.07 Å². The first-order valence-corrected chi connectivity index (χ1v) is 3.97. The molecule has 0 fully saturated rings.